The molecule has 2 amide bonds. The second kappa shape index (κ2) is 1.54. The van der Waals surface area contributed by atoms with Gasteiger partial charge in [-0.05, 0) is 0 Å². The lowest BCUT2D eigenvalue weighted by Gasteiger charge is -1.66. The van der Waals surface area contributed by atoms with Gasteiger partial charge >= 0.3 is 6.03 Å². The van der Waals surface area contributed by atoms with Crippen molar-refractivity contribution in [2.45, 2.75) is 0 Å². The molecule has 0 radical (unpaired) electrons. The van der Waals surface area contributed by atoms with Gasteiger partial charge in [0.25, 0.3) is 0 Å². The van der Waals surface area contributed by atoms with Crippen LogP contribution in [0, 0.1) is 11.3 Å². The minimum Gasteiger partial charge on any atom is -0.244 e. The van der Waals surface area contributed by atoms with Crippen molar-refractivity contribution >= 4 is 18.0 Å². The Hall–Kier alpha value is -1.50. The van der Waals surface area contributed by atoms with E-state index in [0.29, 0.717) is 0 Å². The maximum atomic E-state index is 10.1. The number of rotatable bonds is 0. The van der Waals surface area contributed by atoms with Crippen LogP contribution in [0.3, 0.4) is 0 Å². The highest BCUT2D eigenvalue weighted by atomic mass is 16.2. The first-order valence-corrected chi connectivity index (χ1v) is 1.90. The van der Waals surface area contributed by atoms with E-state index in [0.717, 1.165) is 6.21 Å². The first-order chi connectivity index (χ1) is 3.83. The number of carbonyl (C=O) groups is 1. The van der Waals surface area contributed by atoms with Crippen LogP contribution in [-0.2, 0) is 0 Å². The van der Waals surface area contributed by atoms with E-state index >= 15 is 0 Å². The SMILES string of the molecule is N#CC1=NC(=O)N=C1. The zero-order chi connectivity index (χ0) is 5.98. The fourth-order valence-electron chi connectivity index (χ4n) is 0.331. The molecule has 0 bridgehead atoms. The fourth-order valence-corrected chi connectivity index (χ4v) is 0.331. The van der Waals surface area contributed by atoms with Gasteiger partial charge in [0, 0.05) is 0 Å². The summed E-state index contributed by atoms with van der Waals surface area (Å²) in [6.45, 7) is 0. The normalized spacial score (nSPS) is 15.9. The topological polar surface area (TPSA) is 65.6 Å². The van der Waals surface area contributed by atoms with Crippen LogP contribution in [0.1, 0.15) is 0 Å². The minimum atomic E-state index is -0.596. The largest absolute Gasteiger partial charge is 0.368 e. The smallest absolute Gasteiger partial charge is 0.244 e. The molecule has 1 heterocycles. The predicted molar refractivity (Wildman–Crippen MR) is 26.9 cm³/mol. The van der Waals surface area contributed by atoms with Gasteiger partial charge in [-0.25, -0.2) is 4.79 Å². The third-order valence-electron chi connectivity index (χ3n) is 0.628. The van der Waals surface area contributed by atoms with Crippen LogP contribution in [0.4, 0.5) is 4.79 Å². The van der Waals surface area contributed by atoms with E-state index in [1.165, 1.54) is 0 Å². The average Bonchev–Trinajstić information content (AvgIpc) is 2.14. The van der Waals surface area contributed by atoms with E-state index < -0.39 is 6.03 Å². The Labute approximate surface area is 45.2 Å². The van der Waals surface area contributed by atoms with Crippen LogP contribution >= 0.6 is 0 Å². The molecule has 0 saturated heterocycles. The molecule has 0 N–H and O–H groups in total. The lowest BCUT2D eigenvalue weighted by molar-refractivity contribution is 0.257. The molecular weight excluding hydrogens is 106 g/mol. The van der Waals surface area contributed by atoms with Gasteiger partial charge in [-0.2, -0.15) is 15.2 Å². The molecule has 0 unspecified atom stereocenters. The Bertz CT molecular complexity index is 220. The molecular formula is C4HN3O. The Morgan fingerprint density at radius 2 is 2.50 bits per heavy atom. The van der Waals surface area contributed by atoms with Crippen molar-refractivity contribution in [3.05, 3.63) is 0 Å². The van der Waals surface area contributed by atoms with Crippen molar-refractivity contribution < 1.29 is 4.79 Å². The first kappa shape index (κ1) is 4.65. The summed E-state index contributed by atoms with van der Waals surface area (Å²) in [6, 6.07) is 1.08. The van der Waals surface area contributed by atoms with Gasteiger partial charge in [0.1, 0.15) is 6.07 Å². The predicted octanol–water partition coefficient (Wildman–Crippen LogP) is 0.155. The molecule has 0 spiro atoms. The highest BCUT2D eigenvalue weighted by Gasteiger charge is 2.04. The van der Waals surface area contributed by atoms with Gasteiger partial charge < -0.3 is 0 Å². The summed E-state index contributed by atoms with van der Waals surface area (Å²) in [6.07, 6.45) is 1.14. The van der Waals surface area contributed by atoms with Crippen molar-refractivity contribution in [1.29, 1.82) is 5.26 Å². The summed E-state index contributed by atoms with van der Waals surface area (Å²) in [4.78, 5) is 16.5. The highest BCUT2D eigenvalue weighted by molar-refractivity contribution is 6.43. The third kappa shape index (κ3) is 0.611. The monoisotopic (exact) mass is 107 g/mol. The summed E-state index contributed by atoms with van der Waals surface area (Å²) in [5.41, 5.74) is 0.0787. The number of hydrogen-bond donors (Lipinski definition) is 0. The number of urea groups is 1. The molecule has 0 atom stereocenters. The zero-order valence-electron chi connectivity index (χ0n) is 3.83. The molecule has 4 heteroatoms. The summed E-state index contributed by atoms with van der Waals surface area (Å²) >= 11 is 0. The second-order valence-corrected chi connectivity index (χ2v) is 1.15. The second-order valence-electron chi connectivity index (χ2n) is 1.15. The number of nitriles is 1. The van der Waals surface area contributed by atoms with E-state index in [9.17, 15) is 4.79 Å². The van der Waals surface area contributed by atoms with Crippen molar-refractivity contribution in [3.63, 3.8) is 0 Å². The Morgan fingerprint density at radius 1 is 1.75 bits per heavy atom. The van der Waals surface area contributed by atoms with E-state index in [2.05, 4.69) is 9.98 Å². The van der Waals surface area contributed by atoms with Crippen LogP contribution < -0.4 is 0 Å². The summed E-state index contributed by atoms with van der Waals surface area (Å²) in [5, 5.41) is 8.06. The third-order valence-corrected chi connectivity index (χ3v) is 0.628. The van der Waals surface area contributed by atoms with Gasteiger partial charge in [0.15, 0.2) is 5.71 Å². The molecule has 0 aromatic heterocycles. The van der Waals surface area contributed by atoms with Crippen molar-refractivity contribution in [3.8, 4) is 6.07 Å². The summed E-state index contributed by atoms with van der Waals surface area (Å²) < 4.78 is 0. The number of carbonyl (C=O) groups excluding carboxylic acids is 1. The van der Waals surface area contributed by atoms with Gasteiger partial charge in [0.2, 0.25) is 0 Å². The van der Waals surface area contributed by atoms with Crippen molar-refractivity contribution in [2.24, 2.45) is 9.98 Å². The lowest BCUT2D eigenvalue weighted by atomic mass is 10.5. The Morgan fingerprint density at radius 3 is 2.75 bits per heavy atom. The van der Waals surface area contributed by atoms with Gasteiger partial charge in [0.05, 0.1) is 6.21 Å². The van der Waals surface area contributed by atoms with Crippen LogP contribution in [0.15, 0.2) is 9.98 Å². The molecule has 8 heavy (non-hydrogen) atoms. The Kier molecular flexibility index (Phi) is 0.897. The molecule has 1 rings (SSSR count). The van der Waals surface area contributed by atoms with Crippen LogP contribution in [-0.4, -0.2) is 18.0 Å². The summed E-state index contributed by atoms with van der Waals surface area (Å²) in [7, 11) is 0. The zero-order valence-corrected chi connectivity index (χ0v) is 3.83. The van der Waals surface area contributed by atoms with E-state index in [-0.39, 0.29) is 5.71 Å². The maximum absolute atomic E-state index is 10.1. The quantitative estimate of drug-likeness (QED) is 0.442. The molecule has 0 saturated carbocycles. The molecule has 0 aromatic carbocycles. The van der Waals surface area contributed by atoms with Crippen LogP contribution in [0.5, 0.6) is 0 Å². The summed E-state index contributed by atoms with van der Waals surface area (Å²) in [5.74, 6) is 0. The van der Waals surface area contributed by atoms with Crippen molar-refractivity contribution in [2.75, 3.05) is 0 Å². The number of hydrogen-bond acceptors (Lipinski definition) is 2. The number of nitrogens with zero attached hydrogens (tertiary/aromatic N) is 3. The molecule has 1 aliphatic rings. The number of amides is 2. The average molecular weight is 107 g/mol. The fraction of sp³-hybridized carbons (Fsp3) is 0. The Balaban J connectivity index is 2.92. The molecule has 38 valence electrons. The standard InChI is InChI=1S/C4HN3O/c5-1-3-2-6-4(8)7-3/h2H. The van der Waals surface area contributed by atoms with E-state index in [4.69, 9.17) is 5.26 Å². The van der Waals surface area contributed by atoms with Crippen LogP contribution in [0.25, 0.3) is 0 Å². The molecule has 0 aromatic rings. The van der Waals surface area contributed by atoms with Gasteiger partial charge in [-0.3, -0.25) is 0 Å². The molecule has 0 fully saturated rings. The van der Waals surface area contributed by atoms with E-state index in [1.54, 1.807) is 6.07 Å². The van der Waals surface area contributed by atoms with Gasteiger partial charge in [-0.15, -0.1) is 0 Å². The molecule has 1 aliphatic heterocycles. The molecule has 0 aliphatic carbocycles. The van der Waals surface area contributed by atoms with E-state index in [1.807, 2.05) is 0 Å². The van der Waals surface area contributed by atoms with Crippen LogP contribution in [0.2, 0.25) is 0 Å². The number of aliphatic imine (C=N–C) groups is 2. The first-order valence-electron chi connectivity index (χ1n) is 1.90. The maximum Gasteiger partial charge on any atom is 0.368 e. The lowest BCUT2D eigenvalue weighted by Crippen LogP contribution is -1.87. The van der Waals surface area contributed by atoms with Crippen molar-refractivity contribution in [1.82, 2.24) is 0 Å². The minimum absolute atomic E-state index is 0.0787. The highest BCUT2D eigenvalue weighted by Crippen LogP contribution is 1.89. The van der Waals surface area contributed by atoms with Gasteiger partial charge in [-0.1, -0.05) is 0 Å². The molecule has 4 nitrogen and oxygen atoms in total.